The molecule has 6 nitrogen and oxygen atoms in total. The van der Waals surface area contributed by atoms with Crippen LogP contribution in [0, 0.1) is 0 Å². The largest absolute Gasteiger partial charge is 0.479 e. The Morgan fingerprint density at radius 2 is 2.54 bits per heavy atom. The zero-order valence-corrected chi connectivity index (χ0v) is 7.47. The lowest BCUT2D eigenvalue weighted by atomic mass is 10.2. The van der Waals surface area contributed by atoms with E-state index in [1.807, 2.05) is 0 Å². The van der Waals surface area contributed by atoms with Crippen molar-refractivity contribution in [3.8, 4) is 0 Å². The maximum atomic E-state index is 10.6. The third kappa shape index (κ3) is 2.51. The minimum absolute atomic E-state index is 0.236. The third-order valence-electron chi connectivity index (χ3n) is 1.60. The Hall–Kier alpha value is -1.43. The molecule has 0 saturated heterocycles. The number of hydrogen-bond donors (Lipinski definition) is 1. The lowest BCUT2D eigenvalue weighted by Crippen LogP contribution is -2.24. The van der Waals surface area contributed by atoms with Crippen molar-refractivity contribution < 1.29 is 14.6 Å². The maximum absolute atomic E-state index is 10.6. The molecule has 1 aromatic rings. The fourth-order valence-corrected chi connectivity index (χ4v) is 0.950. The number of methoxy groups -OCH3 is 1. The number of ether oxygens (including phenoxy) is 1. The van der Waals surface area contributed by atoms with E-state index in [1.165, 1.54) is 11.8 Å². The normalized spacial score (nSPS) is 12.8. The Morgan fingerprint density at radius 1 is 1.85 bits per heavy atom. The molecule has 0 amide bonds. The number of hydrogen-bond acceptors (Lipinski definition) is 4. The predicted molar refractivity (Wildman–Crippen MR) is 43.1 cm³/mol. The van der Waals surface area contributed by atoms with Gasteiger partial charge >= 0.3 is 5.97 Å². The summed E-state index contributed by atoms with van der Waals surface area (Å²) in [6.45, 7) is 0. The van der Waals surface area contributed by atoms with E-state index in [0.29, 0.717) is 5.69 Å². The van der Waals surface area contributed by atoms with Crippen molar-refractivity contribution in [3.63, 3.8) is 0 Å². The number of carboxylic acid groups (broad SMARTS) is 1. The monoisotopic (exact) mass is 185 g/mol. The van der Waals surface area contributed by atoms with Gasteiger partial charge in [-0.1, -0.05) is 5.21 Å². The van der Waals surface area contributed by atoms with E-state index >= 15 is 0 Å². The summed E-state index contributed by atoms with van der Waals surface area (Å²) in [7, 11) is 3.08. The van der Waals surface area contributed by atoms with Crippen LogP contribution in [-0.2, 0) is 23.0 Å². The van der Waals surface area contributed by atoms with Gasteiger partial charge in [0.1, 0.15) is 0 Å². The molecule has 0 aliphatic carbocycles. The van der Waals surface area contributed by atoms with Crippen LogP contribution in [-0.4, -0.2) is 39.3 Å². The summed E-state index contributed by atoms with van der Waals surface area (Å²) in [4.78, 5) is 10.6. The first-order valence-corrected chi connectivity index (χ1v) is 3.74. The van der Waals surface area contributed by atoms with Crippen LogP contribution >= 0.6 is 0 Å². The summed E-state index contributed by atoms with van der Waals surface area (Å²) in [6.07, 6.45) is 1.05. The Morgan fingerprint density at radius 3 is 2.92 bits per heavy atom. The van der Waals surface area contributed by atoms with Gasteiger partial charge in [0.2, 0.25) is 0 Å². The molecule has 1 heterocycles. The number of aromatic nitrogens is 3. The van der Waals surface area contributed by atoms with Crippen molar-refractivity contribution in [2.45, 2.75) is 12.5 Å². The standard InChI is InChI=1S/C7H11N3O3/c1-10-4-5(8-9-10)3-6(13-2)7(11)12/h4,6H,3H2,1-2H3,(H,11,12). The average Bonchev–Trinajstić information content (AvgIpc) is 2.46. The van der Waals surface area contributed by atoms with Crippen molar-refractivity contribution in [2.24, 2.45) is 7.05 Å². The number of nitrogens with zero attached hydrogens (tertiary/aromatic N) is 3. The Balaban J connectivity index is 2.61. The second-order valence-corrected chi connectivity index (χ2v) is 2.65. The lowest BCUT2D eigenvalue weighted by Gasteiger charge is -2.06. The molecule has 0 aliphatic rings. The van der Waals surface area contributed by atoms with Gasteiger partial charge in [-0.15, -0.1) is 5.10 Å². The SMILES string of the molecule is COC(Cc1cn(C)nn1)C(=O)O. The van der Waals surface area contributed by atoms with E-state index in [9.17, 15) is 4.79 Å². The fraction of sp³-hybridized carbons (Fsp3) is 0.571. The summed E-state index contributed by atoms with van der Waals surface area (Å²) < 4.78 is 6.27. The quantitative estimate of drug-likeness (QED) is 0.681. The van der Waals surface area contributed by atoms with E-state index in [2.05, 4.69) is 10.3 Å². The molecule has 13 heavy (non-hydrogen) atoms. The van der Waals surface area contributed by atoms with Gasteiger partial charge in [0, 0.05) is 26.8 Å². The minimum Gasteiger partial charge on any atom is -0.479 e. The van der Waals surface area contributed by atoms with Crippen molar-refractivity contribution in [1.82, 2.24) is 15.0 Å². The number of aryl methyl sites for hydroxylation is 1. The third-order valence-corrected chi connectivity index (χ3v) is 1.60. The molecule has 72 valence electrons. The molecule has 6 heteroatoms. The van der Waals surface area contributed by atoms with Crippen molar-refractivity contribution >= 4 is 5.97 Å². The molecule has 0 radical (unpaired) electrons. The Labute approximate surface area is 75.1 Å². The second-order valence-electron chi connectivity index (χ2n) is 2.65. The summed E-state index contributed by atoms with van der Waals surface area (Å²) >= 11 is 0. The molecule has 1 atom stereocenters. The topological polar surface area (TPSA) is 77.2 Å². The van der Waals surface area contributed by atoms with Gasteiger partial charge in [-0.05, 0) is 0 Å². The highest BCUT2D eigenvalue weighted by molar-refractivity contribution is 5.72. The van der Waals surface area contributed by atoms with Crippen molar-refractivity contribution in [3.05, 3.63) is 11.9 Å². The first-order valence-electron chi connectivity index (χ1n) is 3.74. The van der Waals surface area contributed by atoms with Crippen LogP contribution in [0.1, 0.15) is 5.69 Å². The van der Waals surface area contributed by atoms with Crippen LogP contribution in [0.2, 0.25) is 0 Å². The van der Waals surface area contributed by atoms with Gasteiger partial charge in [0.25, 0.3) is 0 Å². The van der Waals surface area contributed by atoms with Gasteiger partial charge in [0.05, 0.1) is 5.69 Å². The molecule has 1 rings (SSSR count). The highest BCUT2D eigenvalue weighted by atomic mass is 16.5. The molecular formula is C7H11N3O3. The van der Waals surface area contributed by atoms with Crippen LogP contribution in [0.15, 0.2) is 6.20 Å². The molecular weight excluding hydrogens is 174 g/mol. The highest BCUT2D eigenvalue weighted by Gasteiger charge is 2.18. The number of carboxylic acids is 1. The Kier molecular flexibility index (Phi) is 2.97. The molecule has 0 spiro atoms. The summed E-state index contributed by atoms with van der Waals surface area (Å²) in [5.41, 5.74) is 0.608. The zero-order valence-electron chi connectivity index (χ0n) is 7.47. The number of aliphatic carboxylic acids is 1. The van der Waals surface area contributed by atoms with Crippen molar-refractivity contribution in [1.29, 1.82) is 0 Å². The van der Waals surface area contributed by atoms with Gasteiger partial charge in [0.15, 0.2) is 6.10 Å². The van der Waals surface area contributed by atoms with Crippen LogP contribution in [0.4, 0.5) is 0 Å². The first kappa shape index (κ1) is 9.66. The van der Waals surface area contributed by atoms with E-state index in [-0.39, 0.29) is 6.42 Å². The smallest absolute Gasteiger partial charge is 0.333 e. The fourth-order valence-electron chi connectivity index (χ4n) is 0.950. The molecule has 1 N–H and O–H groups in total. The zero-order chi connectivity index (χ0) is 9.84. The molecule has 1 unspecified atom stereocenters. The molecule has 0 fully saturated rings. The number of carbonyl (C=O) groups is 1. The summed E-state index contributed by atoms with van der Waals surface area (Å²) in [5.74, 6) is -0.992. The summed E-state index contributed by atoms with van der Waals surface area (Å²) in [5, 5.41) is 16.1. The van der Waals surface area contributed by atoms with Crippen LogP contribution in [0.5, 0.6) is 0 Å². The Bertz CT molecular complexity index is 297. The minimum atomic E-state index is -0.992. The van der Waals surface area contributed by atoms with E-state index < -0.39 is 12.1 Å². The predicted octanol–water partition coefficient (Wildman–Crippen LogP) is -0.543. The van der Waals surface area contributed by atoms with Gasteiger partial charge in [-0.2, -0.15) is 0 Å². The van der Waals surface area contributed by atoms with E-state index in [4.69, 9.17) is 9.84 Å². The van der Waals surface area contributed by atoms with Crippen molar-refractivity contribution in [2.75, 3.05) is 7.11 Å². The average molecular weight is 185 g/mol. The summed E-state index contributed by atoms with van der Waals surface area (Å²) in [6, 6.07) is 0. The first-order chi connectivity index (χ1) is 6.13. The maximum Gasteiger partial charge on any atom is 0.333 e. The van der Waals surface area contributed by atoms with E-state index in [1.54, 1.807) is 13.2 Å². The van der Waals surface area contributed by atoms with Gasteiger partial charge < -0.3 is 9.84 Å². The second kappa shape index (κ2) is 3.99. The molecule has 0 aromatic carbocycles. The van der Waals surface area contributed by atoms with Gasteiger partial charge in [-0.25, -0.2) is 4.79 Å². The van der Waals surface area contributed by atoms with Crippen LogP contribution < -0.4 is 0 Å². The molecule has 0 aliphatic heterocycles. The molecule has 0 saturated carbocycles. The van der Waals surface area contributed by atoms with Crippen LogP contribution in [0.3, 0.4) is 0 Å². The van der Waals surface area contributed by atoms with E-state index in [0.717, 1.165) is 0 Å². The van der Waals surface area contributed by atoms with Gasteiger partial charge in [-0.3, -0.25) is 4.68 Å². The molecule has 0 bridgehead atoms. The number of rotatable bonds is 4. The lowest BCUT2D eigenvalue weighted by molar-refractivity contribution is -0.148. The van der Waals surface area contributed by atoms with Crippen LogP contribution in [0.25, 0.3) is 0 Å². The molecule has 1 aromatic heterocycles. The highest BCUT2D eigenvalue weighted by Crippen LogP contribution is 2.01.